The Morgan fingerprint density at radius 2 is 1.58 bits per heavy atom. The molecule has 24 heavy (non-hydrogen) atoms. The Morgan fingerprint density at radius 1 is 1.00 bits per heavy atom. The van der Waals surface area contributed by atoms with E-state index in [4.69, 9.17) is 5.73 Å². The van der Waals surface area contributed by atoms with Gasteiger partial charge in [-0.05, 0) is 36.4 Å². The lowest BCUT2D eigenvalue weighted by Gasteiger charge is -2.14. The predicted octanol–water partition coefficient (Wildman–Crippen LogP) is 3.56. The van der Waals surface area contributed by atoms with Crippen molar-refractivity contribution in [3.05, 3.63) is 47.8 Å². The molecule has 0 aliphatic rings. The summed E-state index contributed by atoms with van der Waals surface area (Å²) in [5.74, 6) is -0.229. The van der Waals surface area contributed by atoms with Gasteiger partial charge >= 0.3 is 0 Å². The van der Waals surface area contributed by atoms with E-state index in [9.17, 15) is 9.59 Å². The second-order valence-corrected chi connectivity index (χ2v) is 6.85. The number of amides is 1. The third kappa shape index (κ3) is 3.03. The fraction of sp³-hybridized carbons (Fsp3) is 0.222. The Bertz CT molecular complexity index is 879. The van der Waals surface area contributed by atoms with E-state index in [1.54, 1.807) is 36.4 Å². The highest BCUT2D eigenvalue weighted by molar-refractivity contribution is 6.07. The van der Waals surface area contributed by atoms with Crippen LogP contribution in [0.25, 0.3) is 11.0 Å². The number of rotatable bonds is 3. The van der Waals surface area contributed by atoms with Gasteiger partial charge in [-0.15, -0.1) is 0 Å². The number of ketones is 1. The van der Waals surface area contributed by atoms with Crippen LogP contribution in [0.2, 0.25) is 0 Å². The quantitative estimate of drug-likeness (QED) is 0.437. The molecule has 6 heteroatoms. The number of H-pyrrole nitrogens is 2. The number of hydrogen-bond donors (Lipinski definition) is 4. The van der Waals surface area contributed by atoms with E-state index >= 15 is 0 Å². The molecule has 1 aromatic carbocycles. The van der Waals surface area contributed by atoms with Crippen LogP contribution in [0.15, 0.2) is 36.4 Å². The van der Waals surface area contributed by atoms with Crippen LogP contribution in [0, 0.1) is 5.41 Å². The Labute approximate surface area is 139 Å². The van der Waals surface area contributed by atoms with Crippen molar-refractivity contribution >= 4 is 34.1 Å². The highest BCUT2D eigenvalue weighted by Gasteiger charge is 2.25. The van der Waals surface area contributed by atoms with Crippen molar-refractivity contribution in [1.82, 2.24) is 9.97 Å². The van der Waals surface area contributed by atoms with Gasteiger partial charge in [0.2, 0.25) is 0 Å². The van der Waals surface area contributed by atoms with Crippen LogP contribution in [0.5, 0.6) is 0 Å². The van der Waals surface area contributed by atoms with Crippen molar-refractivity contribution in [3.8, 4) is 0 Å². The number of carbonyl (C=O) groups excluding carboxylic acids is 2. The standard InChI is InChI=1S/C18H20N4O2/c1-18(2,3)15(23)13-8-10-9-14(22-16(10)21-13)17(24)20-12-6-4-11(19)5-7-12/h4-9,21-22H,19H2,1-3H3,(H,20,24). The van der Waals surface area contributed by atoms with E-state index in [1.165, 1.54) is 0 Å². The van der Waals surface area contributed by atoms with Crippen molar-refractivity contribution in [2.24, 2.45) is 5.41 Å². The van der Waals surface area contributed by atoms with Crippen LogP contribution in [-0.4, -0.2) is 21.7 Å². The van der Waals surface area contributed by atoms with Crippen LogP contribution in [0.1, 0.15) is 41.7 Å². The Balaban J connectivity index is 1.81. The average Bonchev–Trinajstić information content (AvgIpc) is 3.06. The molecule has 0 aliphatic carbocycles. The summed E-state index contributed by atoms with van der Waals surface area (Å²) in [4.78, 5) is 30.6. The number of benzene rings is 1. The van der Waals surface area contributed by atoms with Gasteiger partial charge in [0, 0.05) is 22.2 Å². The summed E-state index contributed by atoms with van der Waals surface area (Å²) in [5.41, 5.74) is 8.08. The van der Waals surface area contributed by atoms with Gasteiger partial charge in [0.15, 0.2) is 5.78 Å². The van der Waals surface area contributed by atoms with Crippen LogP contribution >= 0.6 is 0 Å². The maximum Gasteiger partial charge on any atom is 0.272 e. The normalized spacial score (nSPS) is 11.6. The van der Waals surface area contributed by atoms with Crippen LogP contribution in [0.4, 0.5) is 11.4 Å². The monoisotopic (exact) mass is 324 g/mol. The molecule has 3 rings (SSSR count). The number of nitrogens with two attached hydrogens (primary N) is 1. The number of carbonyl (C=O) groups is 2. The molecule has 0 saturated heterocycles. The summed E-state index contributed by atoms with van der Waals surface area (Å²) in [5, 5.41) is 3.59. The molecule has 0 aliphatic heterocycles. The van der Waals surface area contributed by atoms with E-state index in [0.717, 1.165) is 5.39 Å². The summed E-state index contributed by atoms with van der Waals surface area (Å²) >= 11 is 0. The average molecular weight is 324 g/mol. The van der Waals surface area contributed by atoms with Crippen molar-refractivity contribution in [2.45, 2.75) is 20.8 Å². The number of nitrogen functional groups attached to an aromatic ring is 1. The summed E-state index contributed by atoms with van der Waals surface area (Å²) in [6.45, 7) is 5.61. The van der Waals surface area contributed by atoms with Gasteiger partial charge in [0.1, 0.15) is 11.3 Å². The second-order valence-electron chi connectivity index (χ2n) is 6.85. The first-order valence-electron chi connectivity index (χ1n) is 7.67. The number of anilines is 2. The smallest absolute Gasteiger partial charge is 0.272 e. The molecule has 3 aromatic rings. The van der Waals surface area contributed by atoms with Crippen molar-refractivity contribution in [1.29, 1.82) is 0 Å². The van der Waals surface area contributed by atoms with Gasteiger partial charge in [-0.3, -0.25) is 9.59 Å². The molecule has 1 amide bonds. The van der Waals surface area contributed by atoms with Gasteiger partial charge in [0.25, 0.3) is 5.91 Å². The van der Waals surface area contributed by atoms with E-state index in [1.807, 2.05) is 20.8 Å². The van der Waals surface area contributed by atoms with Gasteiger partial charge in [0.05, 0.1) is 5.69 Å². The molecule has 0 unspecified atom stereocenters. The highest BCUT2D eigenvalue weighted by atomic mass is 16.2. The number of aromatic nitrogens is 2. The van der Waals surface area contributed by atoms with Crippen LogP contribution < -0.4 is 11.1 Å². The summed E-state index contributed by atoms with van der Waals surface area (Å²) in [6.07, 6.45) is 0. The highest BCUT2D eigenvalue weighted by Crippen LogP contribution is 2.24. The maximum atomic E-state index is 12.3. The summed E-state index contributed by atoms with van der Waals surface area (Å²) in [7, 11) is 0. The SMILES string of the molecule is CC(C)(C)C(=O)c1cc2cc(C(=O)Nc3ccc(N)cc3)[nH]c2[nH]1. The zero-order chi connectivity index (χ0) is 17.5. The van der Waals surface area contributed by atoms with E-state index < -0.39 is 5.41 Å². The van der Waals surface area contributed by atoms with E-state index in [0.29, 0.717) is 28.4 Å². The Morgan fingerprint density at radius 3 is 2.17 bits per heavy atom. The summed E-state index contributed by atoms with van der Waals surface area (Å²) in [6, 6.07) is 10.4. The first-order chi connectivity index (χ1) is 11.2. The minimum absolute atomic E-state index is 0.0278. The predicted molar refractivity (Wildman–Crippen MR) is 95.2 cm³/mol. The molecule has 6 nitrogen and oxygen atoms in total. The third-order valence-corrected chi connectivity index (χ3v) is 3.75. The first kappa shape index (κ1) is 15.9. The lowest BCUT2D eigenvalue weighted by Crippen LogP contribution is -2.20. The number of hydrogen-bond acceptors (Lipinski definition) is 3. The number of fused-ring (bicyclic) bond motifs is 1. The van der Waals surface area contributed by atoms with Crippen LogP contribution in [0.3, 0.4) is 0 Å². The fourth-order valence-electron chi connectivity index (χ4n) is 2.43. The molecule has 0 radical (unpaired) electrons. The largest absolute Gasteiger partial charge is 0.399 e. The molecule has 0 spiro atoms. The topological polar surface area (TPSA) is 104 Å². The number of aromatic amines is 2. The first-order valence-corrected chi connectivity index (χ1v) is 7.67. The zero-order valence-corrected chi connectivity index (χ0v) is 13.9. The second kappa shape index (κ2) is 5.56. The molecule has 2 heterocycles. The van der Waals surface area contributed by atoms with E-state index in [2.05, 4.69) is 15.3 Å². The molecular formula is C18H20N4O2. The lowest BCUT2D eigenvalue weighted by molar-refractivity contribution is 0.0853. The minimum Gasteiger partial charge on any atom is -0.399 e. The van der Waals surface area contributed by atoms with Crippen LogP contribution in [-0.2, 0) is 0 Å². The molecule has 0 atom stereocenters. The molecule has 124 valence electrons. The van der Waals surface area contributed by atoms with E-state index in [-0.39, 0.29) is 11.7 Å². The van der Waals surface area contributed by atoms with Crippen molar-refractivity contribution in [2.75, 3.05) is 11.1 Å². The van der Waals surface area contributed by atoms with Gasteiger partial charge in [-0.2, -0.15) is 0 Å². The third-order valence-electron chi connectivity index (χ3n) is 3.75. The maximum absolute atomic E-state index is 12.3. The summed E-state index contributed by atoms with van der Waals surface area (Å²) < 4.78 is 0. The number of nitrogens with one attached hydrogen (secondary N) is 3. The van der Waals surface area contributed by atoms with Gasteiger partial charge in [-0.25, -0.2) is 0 Å². The lowest BCUT2D eigenvalue weighted by atomic mass is 9.89. The Hall–Kier alpha value is -3.02. The van der Waals surface area contributed by atoms with Gasteiger partial charge < -0.3 is 21.0 Å². The fourth-order valence-corrected chi connectivity index (χ4v) is 2.43. The Kier molecular flexibility index (Phi) is 3.67. The van der Waals surface area contributed by atoms with Gasteiger partial charge in [-0.1, -0.05) is 20.8 Å². The zero-order valence-electron chi connectivity index (χ0n) is 13.9. The number of Topliss-reactive ketones (excluding diaryl/α,β-unsaturated/α-hetero) is 1. The minimum atomic E-state index is -0.461. The molecule has 0 bridgehead atoms. The van der Waals surface area contributed by atoms with Crippen molar-refractivity contribution in [3.63, 3.8) is 0 Å². The molecule has 0 saturated carbocycles. The molecule has 2 aromatic heterocycles. The van der Waals surface area contributed by atoms with Crippen molar-refractivity contribution < 1.29 is 9.59 Å². The molecular weight excluding hydrogens is 304 g/mol. The molecule has 5 N–H and O–H groups in total. The molecule has 0 fully saturated rings.